The zero-order valence-corrected chi connectivity index (χ0v) is 22.3. The first kappa shape index (κ1) is 26.7. The lowest BCUT2D eigenvalue weighted by Gasteiger charge is -2.21. The summed E-state index contributed by atoms with van der Waals surface area (Å²) in [5, 5.41) is 3.93. The van der Waals surface area contributed by atoms with Gasteiger partial charge in [0.15, 0.2) is 5.78 Å². The standard InChI is InChI=1S/C26H32Cl2N2O3S/c1-26(2,3)22(31)15-24-30(16-23(32)29-18-9-7-5-4-6-8-10-18)25(33)21(34-24)14-17-11-12-19(27)20(28)13-17/h11-15,18H,4-10,16H2,1-3H3,(H,29,32)/b21-14-,24-15+. The Morgan fingerprint density at radius 2 is 1.74 bits per heavy atom. The number of hydrogen-bond acceptors (Lipinski definition) is 4. The van der Waals surface area contributed by atoms with E-state index in [1.807, 2.05) is 20.8 Å². The second-order valence-corrected chi connectivity index (χ2v) is 11.8. The van der Waals surface area contributed by atoms with Crippen LogP contribution in [0, 0.1) is 5.41 Å². The predicted molar refractivity (Wildman–Crippen MR) is 141 cm³/mol. The molecule has 1 aromatic heterocycles. The van der Waals surface area contributed by atoms with Crippen molar-refractivity contribution in [2.24, 2.45) is 5.41 Å². The van der Waals surface area contributed by atoms with Crippen molar-refractivity contribution >= 4 is 58.4 Å². The van der Waals surface area contributed by atoms with Gasteiger partial charge in [0.2, 0.25) is 5.91 Å². The number of benzene rings is 1. The number of carbonyl (C=O) groups is 2. The molecule has 2 aromatic rings. The van der Waals surface area contributed by atoms with Gasteiger partial charge in [-0.25, -0.2) is 0 Å². The van der Waals surface area contributed by atoms with Crippen molar-refractivity contribution in [2.75, 3.05) is 0 Å². The van der Waals surface area contributed by atoms with Crippen molar-refractivity contribution in [3.63, 3.8) is 0 Å². The Hall–Kier alpha value is -1.89. The second kappa shape index (κ2) is 11.7. The Labute approximate surface area is 214 Å². The Balaban J connectivity index is 1.97. The van der Waals surface area contributed by atoms with Gasteiger partial charge >= 0.3 is 0 Å². The van der Waals surface area contributed by atoms with E-state index >= 15 is 0 Å². The molecule has 1 aliphatic rings. The van der Waals surface area contributed by atoms with Crippen molar-refractivity contribution < 1.29 is 9.59 Å². The van der Waals surface area contributed by atoms with Crippen molar-refractivity contribution in [3.8, 4) is 0 Å². The third-order valence-electron chi connectivity index (χ3n) is 5.94. The van der Waals surface area contributed by atoms with Gasteiger partial charge in [0.25, 0.3) is 5.56 Å². The molecule has 0 radical (unpaired) electrons. The monoisotopic (exact) mass is 522 g/mol. The molecule has 1 saturated carbocycles. The molecule has 34 heavy (non-hydrogen) atoms. The zero-order valence-electron chi connectivity index (χ0n) is 20.0. The summed E-state index contributed by atoms with van der Waals surface area (Å²) in [5.41, 5.74) is -0.191. The maximum atomic E-state index is 13.3. The van der Waals surface area contributed by atoms with Crippen LogP contribution < -0.4 is 20.1 Å². The number of nitrogens with one attached hydrogen (secondary N) is 1. The van der Waals surface area contributed by atoms with Gasteiger partial charge in [-0.1, -0.05) is 82.1 Å². The van der Waals surface area contributed by atoms with Crippen LogP contribution in [-0.4, -0.2) is 22.3 Å². The number of nitrogens with zero attached hydrogens (tertiary/aromatic N) is 1. The van der Waals surface area contributed by atoms with Crippen molar-refractivity contribution in [2.45, 2.75) is 78.3 Å². The molecule has 0 bridgehead atoms. The minimum absolute atomic E-state index is 0.107. The number of aromatic nitrogens is 1. The van der Waals surface area contributed by atoms with E-state index in [2.05, 4.69) is 5.32 Å². The summed E-state index contributed by atoms with van der Waals surface area (Å²) in [4.78, 5) is 38.9. The van der Waals surface area contributed by atoms with Crippen molar-refractivity contribution in [3.05, 3.63) is 53.4 Å². The van der Waals surface area contributed by atoms with Crippen LogP contribution in [0.3, 0.4) is 0 Å². The van der Waals surface area contributed by atoms with Crippen molar-refractivity contribution in [1.29, 1.82) is 0 Å². The van der Waals surface area contributed by atoms with E-state index in [4.69, 9.17) is 23.2 Å². The van der Waals surface area contributed by atoms with Crippen LogP contribution in [-0.2, 0) is 16.1 Å². The molecule has 0 aliphatic heterocycles. The first-order valence-corrected chi connectivity index (χ1v) is 13.3. The summed E-state index contributed by atoms with van der Waals surface area (Å²) in [6.07, 6.45) is 10.9. The molecule has 1 N–H and O–H groups in total. The number of rotatable bonds is 5. The normalized spacial score (nSPS) is 16.9. The SMILES string of the molecule is CC(C)(C)C(=O)/C=c1/s/c(=C\c2ccc(Cl)c(Cl)c2)c(=O)n1CC(=O)NC1CCCCCCC1. The van der Waals surface area contributed by atoms with E-state index in [9.17, 15) is 14.4 Å². The first-order valence-electron chi connectivity index (χ1n) is 11.8. The highest BCUT2D eigenvalue weighted by Crippen LogP contribution is 2.22. The maximum Gasteiger partial charge on any atom is 0.269 e. The van der Waals surface area contributed by atoms with Crippen LogP contribution in [0.25, 0.3) is 12.2 Å². The quantitative estimate of drug-likeness (QED) is 0.620. The van der Waals surface area contributed by atoms with E-state index in [1.165, 1.54) is 41.2 Å². The molecule has 184 valence electrons. The molecule has 1 aromatic carbocycles. The van der Waals surface area contributed by atoms with E-state index in [0.29, 0.717) is 24.8 Å². The molecule has 5 nitrogen and oxygen atoms in total. The summed E-state index contributed by atoms with van der Waals surface area (Å²) >= 11 is 13.3. The van der Waals surface area contributed by atoms with Gasteiger partial charge in [0.1, 0.15) is 11.2 Å². The fourth-order valence-electron chi connectivity index (χ4n) is 3.89. The highest BCUT2D eigenvalue weighted by atomic mass is 35.5. The summed E-state index contributed by atoms with van der Waals surface area (Å²) in [5.74, 6) is -0.312. The highest BCUT2D eigenvalue weighted by molar-refractivity contribution is 7.07. The predicted octanol–water partition coefficient (Wildman–Crippen LogP) is 4.67. The molecular weight excluding hydrogens is 491 g/mol. The summed E-state index contributed by atoms with van der Waals surface area (Å²) in [6.45, 7) is 5.36. The zero-order chi connectivity index (χ0) is 24.9. The van der Waals surface area contributed by atoms with E-state index in [0.717, 1.165) is 25.7 Å². The van der Waals surface area contributed by atoms with Crippen LogP contribution in [0.2, 0.25) is 10.0 Å². The summed E-state index contributed by atoms with van der Waals surface area (Å²) < 4.78 is 2.28. The molecule has 3 rings (SSSR count). The van der Waals surface area contributed by atoms with Gasteiger partial charge in [0, 0.05) is 17.5 Å². The summed E-state index contributed by atoms with van der Waals surface area (Å²) in [6, 6.07) is 5.25. The van der Waals surface area contributed by atoms with Crippen LogP contribution >= 0.6 is 34.5 Å². The number of hydrogen-bond donors (Lipinski definition) is 1. The third kappa shape index (κ3) is 7.30. The molecular formula is C26H32Cl2N2O3S. The highest BCUT2D eigenvalue weighted by Gasteiger charge is 2.21. The van der Waals surface area contributed by atoms with Gasteiger partial charge in [-0.15, -0.1) is 11.3 Å². The molecule has 0 unspecified atom stereocenters. The number of ketones is 1. The second-order valence-electron chi connectivity index (χ2n) is 9.88. The van der Waals surface area contributed by atoms with E-state index < -0.39 is 5.41 Å². The van der Waals surface area contributed by atoms with Crippen LogP contribution in [0.5, 0.6) is 0 Å². The van der Waals surface area contributed by atoms with Gasteiger partial charge in [-0.3, -0.25) is 19.0 Å². The fraction of sp³-hybridized carbons (Fsp3) is 0.500. The van der Waals surface area contributed by atoms with Gasteiger partial charge in [-0.05, 0) is 36.6 Å². The molecule has 8 heteroatoms. The largest absolute Gasteiger partial charge is 0.352 e. The Kier molecular flexibility index (Phi) is 9.19. The van der Waals surface area contributed by atoms with Gasteiger partial charge in [-0.2, -0.15) is 0 Å². The maximum absolute atomic E-state index is 13.3. The topological polar surface area (TPSA) is 68.2 Å². The fourth-order valence-corrected chi connectivity index (χ4v) is 5.24. The van der Waals surface area contributed by atoms with E-state index in [-0.39, 0.29) is 29.8 Å². The third-order valence-corrected chi connectivity index (χ3v) is 7.74. The van der Waals surface area contributed by atoms with Crippen LogP contribution in [0.1, 0.15) is 71.3 Å². The molecule has 1 heterocycles. The summed E-state index contributed by atoms with van der Waals surface area (Å²) in [7, 11) is 0. The average molecular weight is 524 g/mol. The van der Waals surface area contributed by atoms with E-state index in [1.54, 1.807) is 24.3 Å². The average Bonchev–Trinajstić information content (AvgIpc) is 3.00. The Morgan fingerprint density at radius 1 is 1.09 bits per heavy atom. The minimum Gasteiger partial charge on any atom is -0.352 e. The molecule has 1 aliphatic carbocycles. The minimum atomic E-state index is -0.598. The van der Waals surface area contributed by atoms with Gasteiger partial charge < -0.3 is 5.32 Å². The Morgan fingerprint density at radius 3 is 2.35 bits per heavy atom. The molecule has 0 atom stereocenters. The first-order chi connectivity index (χ1) is 16.0. The number of carbonyl (C=O) groups excluding carboxylic acids is 2. The van der Waals surface area contributed by atoms with Crippen LogP contribution in [0.15, 0.2) is 23.0 Å². The lowest BCUT2D eigenvalue weighted by atomic mass is 9.91. The Bertz CT molecular complexity index is 1220. The van der Waals surface area contributed by atoms with Crippen LogP contribution in [0.4, 0.5) is 0 Å². The number of amides is 1. The number of Topliss-reactive ketones (excluding diaryl/α,β-unsaturated/α-hetero) is 1. The van der Waals surface area contributed by atoms with Crippen molar-refractivity contribution in [1.82, 2.24) is 9.88 Å². The molecule has 1 fully saturated rings. The molecule has 0 spiro atoms. The lowest BCUT2D eigenvalue weighted by Crippen LogP contribution is -2.42. The molecule has 1 amide bonds. The smallest absolute Gasteiger partial charge is 0.269 e. The number of halogens is 2. The number of thiazole rings is 1. The molecule has 0 saturated heterocycles. The lowest BCUT2D eigenvalue weighted by molar-refractivity contribution is -0.123. The van der Waals surface area contributed by atoms with Gasteiger partial charge in [0.05, 0.1) is 14.6 Å².